The molecule has 0 fully saturated rings. The monoisotopic (exact) mass is 232 g/mol. The summed E-state index contributed by atoms with van der Waals surface area (Å²) in [7, 11) is 0. The Morgan fingerprint density at radius 3 is 2.53 bits per heavy atom. The molecule has 1 aromatic rings. The summed E-state index contributed by atoms with van der Waals surface area (Å²) in [6.45, 7) is 5.11. The lowest BCUT2D eigenvalue weighted by Gasteiger charge is -2.09. The van der Waals surface area contributed by atoms with E-state index in [4.69, 9.17) is 0 Å². The Kier molecular flexibility index (Phi) is 4.46. The van der Waals surface area contributed by atoms with E-state index in [1.807, 2.05) is 13.0 Å². The Labute approximate surface area is 101 Å². The van der Waals surface area contributed by atoms with E-state index in [9.17, 15) is 9.59 Å². The molecule has 4 nitrogen and oxygen atoms in total. The Morgan fingerprint density at radius 1 is 1.24 bits per heavy atom. The molecule has 2 amide bonds. The van der Waals surface area contributed by atoms with E-state index >= 15 is 0 Å². The maximum absolute atomic E-state index is 11.4. The van der Waals surface area contributed by atoms with Crippen molar-refractivity contribution in [2.45, 2.75) is 20.8 Å². The molecule has 0 unspecified atom stereocenters. The molecule has 1 aromatic carbocycles. The zero-order valence-corrected chi connectivity index (χ0v) is 10.2. The molecule has 0 saturated carbocycles. The van der Waals surface area contributed by atoms with Crippen LogP contribution >= 0.6 is 0 Å². The predicted octanol–water partition coefficient (Wildman–Crippen LogP) is 2.47. The van der Waals surface area contributed by atoms with Crippen molar-refractivity contribution < 1.29 is 9.59 Å². The summed E-state index contributed by atoms with van der Waals surface area (Å²) in [5.41, 5.74) is 2.30. The first-order valence-corrected chi connectivity index (χ1v) is 5.35. The number of hydrogen-bond acceptors (Lipinski definition) is 2. The van der Waals surface area contributed by atoms with E-state index in [0.717, 1.165) is 5.56 Å². The summed E-state index contributed by atoms with van der Waals surface area (Å²) in [4.78, 5) is 22.3. The summed E-state index contributed by atoms with van der Waals surface area (Å²) >= 11 is 0. The smallest absolute Gasteiger partial charge is 0.248 e. The van der Waals surface area contributed by atoms with Gasteiger partial charge in [0.15, 0.2) is 0 Å². The van der Waals surface area contributed by atoms with Crippen LogP contribution in [-0.2, 0) is 9.59 Å². The van der Waals surface area contributed by atoms with Gasteiger partial charge in [0.05, 0.1) is 0 Å². The Hall–Kier alpha value is -2.10. The summed E-state index contributed by atoms with van der Waals surface area (Å²) < 4.78 is 0. The molecule has 0 spiro atoms. The molecule has 0 atom stereocenters. The van der Waals surface area contributed by atoms with Crippen molar-refractivity contribution >= 4 is 23.2 Å². The average molecular weight is 232 g/mol. The van der Waals surface area contributed by atoms with E-state index in [0.29, 0.717) is 11.4 Å². The molecule has 0 heterocycles. The highest BCUT2D eigenvalue weighted by atomic mass is 16.2. The van der Waals surface area contributed by atoms with Crippen LogP contribution in [0.2, 0.25) is 0 Å². The minimum Gasteiger partial charge on any atom is -0.326 e. The van der Waals surface area contributed by atoms with Gasteiger partial charge >= 0.3 is 0 Å². The lowest BCUT2D eigenvalue weighted by atomic mass is 10.1. The number of allylic oxidation sites excluding steroid dienone is 1. The second kappa shape index (κ2) is 5.84. The van der Waals surface area contributed by atoms with Gasteiger partial charge in [0.2, 0.25) is 11.8 Å². The van der Waals surface area contributed by atoms with Crippen molar-refractivity contribution in [2.75, 3.05) is 10.6 Å². The average Bonchev–Trinajstić information content (AvgIpc) is 2.22. The first kappa shape index (κ1) is 13.0. The highest BCUT2D eigenvalue weighted by molar-refractivity contribution is 6.00. The van der Waals surface area contributed by atoms with Crippen LogP contribution in [0.4, 0.5) is 11.4 Å². The Bertz CT molecular complexity index is 464. The molecule has 0 saturated heterocycles. The Morgan fingerprint density at radius 2 is 1.94 bits per heavy atom. The van der Waals surface area contributed by atoms with E-state index in [2.05, 4.69) is 10.6 Å². The van der Waals surface area contributed by atoms with E-state index in [-0.39, 0.29) is 11.8 Å². The van der Waals surface area contributed by atoms with Crippen LogP contribution in [-0.4, -0.2) is 11.8 Å². The molecule has 2 N–H and O–H groups in total. The summed E-state index contributed by atoms with van der Waals surface area (Å²) in [6, 6.07) is 5.37. The van der Waals surface area contributed by atoms with Gasteiger partial charge in [0.1, 0.15) is 0 Å². The van der Waals surface area contributed by atoms with Gasteiger partial charge in [-0.25, -0.2) is 0 Å². The van der Waals surface area contributed by atoms with Crippen LogP contribution in [0, 0.1) is 6.92 Å². The van der Waals surface area contributed by atoms with Gasteiger partial charge in [-0.2, -0.15) is 0 Å². The maximum atomic E-state index is 11.4. The molecular formula is C13H16N2O2. The zero-order valence-electron chi connectivity index (χ0n) is 10.2. The molecule has 1 rings (SSSR count). The van der Waals surface area contributed by atoms with Gasteiger partial charge in [0.25, 0.3) is 0 Å². The van der Waals surface area contributed by atoms with Crippen molar-refractivity contribution in [1.29, 1.82) is 0 Å². The van der Waals surface area contributed by atoms with Gasteiger partial charge in [-0.1, -0.05) is 12.1 Å². The van der Waals surface area contributed by atoms with Gasteiger partial charge in [-0.15, -0.1) is 0 Å². The first-order valence-electron chi connectivity index (χ1n) is 5.35. The van der Waals surface area contributed by atoms with Crippen molar-refractivity contribution in [2.24, 2.45) is 0 Å². The van der Waals surface area contributed by atoms with E-state index in [1.165, 1.54) is 13.0 Å². The van der Waals surface area contributed by atoms with Gasteiger partial charge in [0, 0.05) is 18.3 Å². The predicted molar refractivity (Wildman–Crippen MR) is 68.9 cm³/mol. The zero-order chi connectivity index (χ0) is 12.8. The largest absolute Gasteiger partial charge is 0.326 e. The summed E-state index contributed by atoms with van der Waals surface area (Å²) in [6.07, 6.45) is 3.12. The third-order valence-electron chi connectivity index (χ3n) is 2.13. The number of anilines is 2. The maximum Gasteiger partial charge on any atom is 0.248 e. The normalized spacial score (nSPS) is 10.3. The molecule has 90 valence electrons. The highest BCUT2D eigenvalue weighted by Crippen LogP contribution is 2.20. The molecule has 0 radical (unpaired) electrons. The fourth-order valence-electron chi connectivity index (χ4n) is 1.36. The van der Waals surface area contributed by atoms with Gasteiger partial charge < -0.3 is 10.6 Å². The first-order chi connectivity index (χ1) is 8.02. The number of hydrogen-bond donors (Lipinski definition) is 2. The highest BCUT2D eigenvalue weighted by Gasteiger charge is 2.03. The molecular weight excluding hydrogens is 216 g/mol. The van der Waals surface area contributed by atoms with Crippen LogP contribution < -0.4 is 10.6 Å². The molecule has 4 heteroatoms. The molecule has 0 aliphatic rings. The fourth-order valence-corrected chi connectivity index (χ4v) is 1.36. The summed E-state index contributed by atoms with van der Waals surface area (Å²) in [5.74, 6) is -0.324. The van der Waals surface area contributed by atoms with E-state index in [1.54, 1.807) is 25.1 Å². The second-order valence-corrected chi connectivity index (χ2v) is 3.70. The molecule has 0 aliphatic heterocycles. The summed E-state index contributed by atoms with van der Waals surface area (Å²) in [5, 5.41) is 5.42. The SMILES string of the molecule is CC=CC(=O)Nc1cc(NC(C)=O)ccc1C. The quantitative estimate of drug-likeness (QED) is 0.786. The van der Waals surface area contributed by atoms with Crippen LogP contribution in [0.3, 0.4) is 0 Å². The Balaban J connectivity index is 2.90. The minimum absolute atomic E-state index is 0.139. The number of aryl methyl sites for hydroxylation is 1. The third-order valence-corrected chi connectivity index (χ3v) is 2.13. The molecule has 0 bridgehead atoms. The third kappa shape index (κ3) is 4.10. The van der Waals surface area contributed by atoms with Crippen molar-refractivity contribution in [3.63, 3.8) is 0 Å². The van der Waals surface area contributed by atoms with Gasteiger partial charge in [-0.3, -0.25) is 9.59 Å². The number of benzene rings is 1. The number of carbonyl (C=O) groups excluding carboxylic acids is 2. The molecule has 0 aliphatic carbocycles. The number of amides is 2. The van der Waals surface area contributed by atoms with E-state index < -0.39 is 0 Å². The van der Waals surface area contributed by atoms with Crippen LogP contribution in [0.15, 0.2) is 30.4 Å². The standard InChI is InChI=1S/C13H16N2O2/c1-4-5-13(17)15-12-8-11(14-10(3)16)7-6-9(12)2/h4-8H,1-3H3,(H,14,16)(H,15,17). The van der Waals surface area contributed by atoms with Crippen molar-refractivity contribution in [1.82, 2.24) is 0 Å². The second-order valence-electron chi connectivity index (χ2n) is 3.70. The molecule has 0 aromatic heterocycles. The number of rotatable bonds is 3. The topological polar surface area (TPSA) is 58.2 Å². The van der Waals surface area contributed by atoms with Crippen molar-refractivity contribution in [3.05, 3.63) is 35.9 Å². The number of carbonyl (C=O) groups is 2. The van der Waals surface area contributed by atoms with Crippen LogP contribution in [0.5, 0.6) is 0 Å². The van der Waals surface area contributed by atoms with Crippen LogP contribution in [0.25, 0.3) is 0 Å². The number of nitrogens with one attached hydrogen (secondary N) is 2. The molecule has 17 heavy (non-hydrogen) atoms. The van der Waals surface area contributed by atoms with Gasteiger partial charge in [-0.05, 0) is 37.6 Å². The minimum atomic E-state index is -0.185. The van der Waals surface area contributed by atoms with Crippen molar-refractivity contribution in [3.8, 4) is 0 Å². The lowest BCUT2D eigenvalue weighted by molar-refractivity contribution is -0.114. The van der Waals surface area contributed by atoms with Crippen LogP contribution in [0.1, 0.15) is 19.4 Å². The lowest BCUT2D eigenvalue weighted by Crippen LogP contribution is -2.10. The fraction of sp³-hybridized carbons (Fsp3) is 0.231.